The van der Waals surface area contributed by atoms with Crippen molar-refractivity contribution in [2.24, 2.45) is 5.41 Å². The van der Waals surface area contributed by atoms with Crippen LogP contribution in [-0.2, 0) is 0 Å². The predicted octanol–water partition coefficient (Wildman–Crippen LogP) is 4.34. The van der Waals surface area contributed by atoms with Crippen LogP contribution in [-0.4, -0.2) is 0 Å². The largest absolute Gasteiger partial charge is 0.100 e. The number of hydrogen-bond acceptors (Lipinski definition) is 0. The topological polar surface area (TPSA) is 0 Å². The van der Waals surface area contributed by atoms with Crippen molar-refractivity contribution in [3.05, 3.63) is 24.3 Å². The van der Waals surface area contributed by atoms with Gasteiger partial charge in [0.15, 0.2) is 0 Å². The zero-order chi connectivity index (χ0) is 9.78. The molecule has 0 aromatic carbocycles. The maximum Gasteiger partial charge on any atom is -0.0274 e. The highest BCUT2D eigenvalue weighted by molar-refractivity contribution is 5.01. The Labute approximate surface area is 77.4 Å². The van der Waals surface area contributed by atoms with Crippen molar-refractivity contribution in [2.45, 2.75) is 47.0 Å². The van der Waals surface area contributed by atoms with Crippen molar-refractivity contribution in [3.63, 3.8) is 0 Å². The third-order valence-electron chi connectivity index (χ3n) is 1.69. The van der Waals surface area contributed by atoms with E-state index in [1.54, 1.807) is 0 Å². The summed E-state index contributed by atoms with van der Waals surface area (Å²) >= 11 is 0. The second kappa shape index (κ2) is 4.49. The first-order valence-corrected chi connectivity index (χ1v) is 4.62. The highest BCUT2D eigenvalue weighted by Gasteiger charge is 2.11. The summed E-state index contributed by atoms with van der Waals surface area (Å²) in [5.74, 6) is 0. The molecule has 0 rings (SSSR count). The molecule has 0 radical (unpaired) electrons. The van der Waals surface area contributed by atoms with Gasteiger partial charge in [-0.15, -0.1) is 6.58 Å². The molecule has 0 amide bonds. The predicted molar refractivity (Wildman–Crippen MR) is 57.3 cm³/mol. The first-order valence-electron chi connectivity index (χ1n) is 4.62. The number of allylic oxidation sites excluding steroid dienone is 2. The molecular weight excluding hydrogens is 144 g/mol. The van der Waals surface area contributed by atoms with Gasteiger partial charge in [0.1, 0.15) is 0 Å². The molecule has 0 fully saturated rings. The van der Waals surface area contributed by atoms with Gasteiger partial charge in [0.05, 0.1) is 0 Å². The molecule has 0 aliphatic heterocycles. The maximum atomic E-state index is 4.07. The van der Waals surface area contributed by atoms with Crippen molar-refractivity contribution in [2.75, 3.05) is 0 Å². The van der Waals surface area contributed by atoms with Gasteiger partial charge in [0.2, 0.25) is 0 Å². The second-order valence-electron chi connectivity index (χ2n) is 4.94. The summed E-state index contributed by atoms with van der Waals surface area (Å²) in [6.07, 6.45) is 3.32. The van der Waals surface area contributed by atoms with Crippen molar-refractivity contribution in [3.8, 4) is 0 Å². The third-order valence-corrected chi connectivity index (χ3v) is 1.69. The smallest absolute Gasteiger partial charge is 0.0274 e. The summed E-state index contributed by atoms with van der Waals surface area (Å²) in [5.41, 5.74) is 2.99. The summed E-state index contributed by atoms with van der Waals surface area (Å²) in [4.78, 5) is 0. The van der Waals surface area contributed by atoms with Crippen LogP contribution in [0.3, 0.4) is 0 Å². The molecule has 0 heteroatoms. The van der Waals surface area contributed by atoms with Crippen LogP contribution in [0.15, 0.2) is 24.3 Å². The van der Waals surface area contributed by atoms with E-state index in [-0.39, 0.29) is 0 Å². The summed E-state index contributed by atoms with van der Waals surface area (Å²) in [7, 11) is 0. The second-order valence-corrected chi connectivity index (χ2v) is 4.94. The van der Waals surface area contributed by atoms with Crippen LogP contribution in [0.2, 0.25) is 0 Å². The molecule has 0 saturated carbocycles. The van der Waals surface area contributed by atoms with Crippen LogP contribution >= 0.6 is 0 Å². The quantitative estimate of drug-likeness (QED) is 0.545. The normalized spacial score (nSPS) is 11.3. The lowest BCUT2D eigenvalue weighted by atomic mass is 9.87. The van der Waals surface area contributed by atoms with Gasteiger partial charge in [-0.25, -0.2) is 0 Å². The molecule has 0 aliphatic carbocycles. The SMILES string of the molecule is C=C(C)CCC(=C)CC(C)(C)C. The lowest BCUT2D eigenvalue weighted by Crippen LogP contribution is -2.05. The standard InChI is InChI=1S/C12H22/c1-10(2)7-8-11(3)9-12(4,5)6/h1,3,7-9H2,2,4-6H3. The van der Waals surface area contributed by atoms with E-state index in [2.05, 4.69) is 40.9 Å². The Morgan fingerprint density at radius 3 is 1.92 bits per heavy atom. The van der Waals surface area contributed by atoms with E-state index in [4.69, 9.17) is 0 Å². The first kappa shape index (κ1) is 11.5. The van der Waals surface area contributed by atoms with Crippen molar-refractivity contribution in [1.29, 1.82) is 0 Å². The van der Waals surface area contributed by atoms with E-state index in [1.165, 1.54) is 11.1 Å². The Kier molecular flexibility index (Phi) is 4.30. The van der Waals surface area contributed by atoms with E-state index in [0.717, 1.165) is 19.3 Å². The zero-order valence-corrected chi connectivity index (χ0v) is 9.04. The van der Waals surface area contributed by atoms with Gasteiger partial charge in [-0.2, -0.15) is 0 Å². The minimum atomic E-state index is 0.381. The Morgan fingerprint density at radius 2 is 1.58 bits per heavy atom. The minimum Gasteiger partial charge on any atom is -0.100 e. The van der Waals surface area contributed by atoms with Crippen molar-refractivity contribution >= 4 is 0 Å². The van der Waals surface area contributed by atoms with Gasteiger partial charge >= 0.3 is 0 Å². The Hall–Kier alpha value is -0.520. The molecule has 0 nitrogen and oxygen atoms in total. The van der Waals surface area contributed by atoms with Crippen LogP contribution in [0.1, 0.15) is 47.0 Å². The van der Waals surface area contributed by atoms with E-state index >= 15 is 0 Å². The number of rotatable bonds is 4. The molecule has 0 heterocycles. The van der Waals surface area contributed by atoms with Gasteiger partial charge in [-0.3, -0.25) is 0 Å². The third kappa shape index (κ3) is 7.59. The average molecular weight is 166 g/mol. The fourth-order valence-electron chi connectivity index (χ4n) is 1.23. The number of hydrogen-bond donors (Lipinski definition) is 0. The molecule has 0 saturated heterocycles. The molecule has 0 aromatic heterocycles. The molecule has 0 aromatic rings. The molecule has 0 aliphatic rings. The lowest BCUT2D eigenvalue weighted by molar-refractivity contribution is 0.404. The fourth-order valence-corrected chi connectivity index (χ4v) is 1.23. The first-order chi connectivity index (χ1) is 5.31. The molecule has 0 N–H and O–H groups in total. The molecular formula is C12H22. The van der Waals surface area contributed by atoms with Gasteiger partial charge < -0.3 is 0 Å². The highest BCUT2D eigenvalue weighted by atomic mass is 14.2. The van der Waals surface area contributed by atoms with E-state index in [0.29, 0.717) is 5.41 Å². The Morgan fingerprint density at radius 1 is 1.08 bits per heavy atom. The van der Waals surface area contributed by atoms with Crippen molar-refractivity contribution in [1.82, 2.24) is 0 Å². The summed E-state index contributed by atoms with van der Waals surface area (Å²) in [6, 6.07) is 0. The highest BCUT2D eigenvalue weighted by Crippen LogP contribution is 2.25. The van der Waals surface area contributed by atoms with Crippen LogP contribution in [0.4, 0.5) is 0 Å². The van der Waals surface area contributed by atoms with Gasteiger partial charge in [-0.05, 0) is 31.6 Å². The van der Waals surface area contributed by atoms with E-state index in [1.807, 2.05) is 0 Å². The summed E-state index contributed by atoms with van der Waals surface area (Å²) in [5, 5.41) is 0. The monoisotopic (exact) mass is 166 g/mol. The lowest BCUT2D eigenvalue weighted by Gasteiger charge is -2.19. The summed E-state index contributed by atoms with van der Waals surface area (Å²) < 4.78 is 0. The molecule has 0 atom stereocenters. The van der Waals surface area contributed by atoms with Crippen LogP contribution in [0, 0.1) is 5.41 Å². The van der Waals surface area contributed by atoms with Gasteiger partial charge in [0.25, 0.3) is 0 Å². The maximum absolute atomic E-state index is 4.07. The van der Waals surface area contributed by atoms with Crippen LogP contribution in [0.25, 0.3) is 0 Å². The molecule has 0 spiro atoms. The van der Waals surface area contributed by atoms with E-state index < -0.39 is 0 Å². The van der Waals surface area contributed by atoms with Crippen LogP contribution in [0.5, 0.6) is 0 Å². The summed E-state index contributed by atoms with van der Waals surface area (Å²) in [6.45, 7) is 16.8. The minimum absolute atomic E-state index is 0.381. The Balaban J connectivity index is 3.68. The van der Waals surface area contributed by atoms with Gasteiger partial charge in [-0.1, -0.05) is 38.5 Å². The van der Waals surface area contributed by atoms with Gasteiger partial charge in [0, 0.05) is 0 Å². The average Bonchev–Trinajstić information content (AvgIpc) is 1.79. The molecule has 70 valence electrons. The fraction of sp³-hybridized carbons (Fsp3) is 0.667. The molecule has 0 unspecified atom stereocenters. The molecule has 0 bridgehead atoms. The van der Waals surface area contributed by atoms with E-state index in [9.17, 15) is 0 Å². The van der Waals surface area contributed by atoms with Crippen molar-refractivity contribution < 1.29 is 0 Å². The van der Waals surface area contributed by atoms with Crippen LogP contribution < -0.4 is 0 Å². The Bertz CT molecular complexity index is 167. The zero-order valence-electron chi connectivity index (χ0n) is 9.04. The molecule has 12 heavy (non-hydrogen) atoms.